The number of ether oxygens (including phenoxy) is 1. The number of anilines is 1. The van der Waals surface area contributed by atoms with Crippen molar-refractivity contribution in [1.82, 2.24) is 14.9 Å². The number of rotatable bonds is 6. The van der Waals surface area contributed by atoms with Crippen molar-refractivity contribution in [3.05, 3.63) is 66.0 Å². The van der Waals surface area contributed by atoms with Gasteiger partial charge in [-0.2, -0.15) is 0 Å². The van der Waals surface area contributed by atoms with E-state index in [9.17, 15) is 4.79 Å². The van der Waals surface area contributed by atoms with Crippen molar-refractivity contribution in [3.8, 4) is 22.8 Å². The molecule has 0 saturated carbocycles. The molecular weight excluding hydrogens is 390 g/mol. The summed E-state index contributed by atoms with van der Waals surface area (Å²) < 4.78 is 6.28. The second-order valence-electron chi connectivity index (χ2n) is 7.78. The quantitative estimate of drug-likeness (QED) is 0.664. The van der Waals surface area contributed by atoms with Gasteiger partial charge < -0.3 is 20.3 Å². The van der Waals surface area contributed by atoms with E-state index < -0.39 is 0 Å². The molecule has 0 unspecified atom stereocenters. The number of aromatic nitrogens is 2. The molecule has 7 heteroatoms. The highest BCUT2D eigenvalue weighted by molar-refractivity contribution is 5.82. The number of piperazine rings is 1. The molecule has 0 radical (unpaired) electrons. The molecule has 1 aliphatic heterocycles. The second kappa shape index (κ2) is 9.14. The lowest BCUT2D eigenvalue weighted by atomic mass is 10.1. The average Bonchev–Trinajstić information content (AvgIpc) is 2.77. The van der Waals surface area contributed by atoms with Crippen LogP contribution >= 0.6 is 0 Å². The van der Waals surface area contributed by atoms with Gasteiger partial charge in [-0.1, -0.05) is 12.1 Å². The van der Waals surface area contributed by atoms with E-state index in [0.29, 0.717) is 25.4 Å². The minimum Gasteiger partial charge on any atom is -0.456 e. The van der Waals surface area contributed by atoms with Gasteiger partial charge in [0.05, 0.1) is 12.2 Å². The predicted molar refractivity (Wildman–Crippen MR) is 121 cm³/mol. The fraction of sp³-hybridized carbons (Fsp3) is 0.292. The number of carbonyl (C=O) groups excluding carboxylic acids is 1. The lowest BCUT2D eigenvalue weighted by Gasteiger charge is -2.32. The number of nitrogens with two attached hydrogens (primary N) is 1. The van der Waals surface area contributed by atoms with Gasteiger partial charge in [0, 0.05) is 44.2 Å². The van der Waals surface area contributed by atoms with Crippen molar-refractivity contribution in [3.63, 3.8) is 0 Å². The van der Waals surface area contributed by atoms with Gasteiger partial charge in [0.25, 0.3) is 0 Å². The Hall–Kier alpha value is -3.45. The maximum Gasteiger partial charge on any atom is 0.241 e. The molecule has 7 nitrogen and oxygen atoms in total. The Morgan fingerprint density at radius 3 is 2.71 bits per heavy atom. The molecule has 1 saturated heterocycles. The molecule has 4 rings (SSSR count). The van der Waals surface area contributed by atoms with Crippen LogP contribution in [0.2, 0.25) is 0 Å². The fourth-order valence-corrected chi connectivity index (χ4v) is 3.54. The lowest BCUT2D eigenvalue weighted by molar-refractivity contribution is -0.129. The zero-order valence-corrected chi connectivity index (χ0v) is 17.9. The summed E-state index contributed by atoms with van der Waals surface area (Å²) in [7, 11) is 1.82. The van der Waals surface area contributed by atoms with E-state index in [1.54, 1.807) is 11.1 Å². The molecule has 3 aromatic rings. The van der Waals surface area contributed by atoms with Crippen molar-refractivity contribution >= 4 is 11.7 Å². The van der Waals surface area contributed by atoms with Crippen molar-refractivity contribution in [2.24, 2.45) is 5.73 Å². The van der Waals surface area contributed by atoms with Crippen LogP contribution in [-0.2, 0) is 11.2 Å². The van der Waals surface area contributed by atoms with Crippen molar-refractivity contribution in [1.29, 1.82) is 0 Å². The highest BCUT2D eigenvalue weighted by Gasteiger charge is 2.22. The normalized spacial score (nSPS) is 14.1. The van der Waals surface area contributed by atoms with Gasteiger partial charge in [0.15, 0.2) is 0 Å². The third kappa shape index (κ3) is 4.83. The van der Waals surface area contributed by atoms with Crippen LogP contribution in [0.3, 0.4) is 0 Å². The largest absolute Gasteiger partial charge is 0.456 e. The number of amides is 1. The van der Waals surface area contributed by atoms with Gasteiger partial charge in [-0.15, -0.1) is 0 Å². The SMILES string of the molecule is Cc1ccc(-c2ccc(CCN)cn2)c(Oc2ccnc(N3CCN(C)C(=O)C3)c2)c1. The van der Waals surface area contributed by atoms with Crippen LogP contribution in [0.25, 0.3) is 11.3 Å². The maximum absolute atomic E-state index is 12.1. The summed E-state index contributed by atoms with van der Waals surface area (Å²) in [4.78, 5) is 24.8. The number of nitrogens with zero attached hydrogens (tertiary/aromatic N) is 4. The number of carbonyl (C=O) groups is 1. The molecule has 3 heterocycles. The smallest absolute Gasteiger partial charge is 0.241 e. The average molecular weight is 418 g/mol. The van der Waals surface area contributed by atoms with Gasteiger partial charge in [0.1, 0.15) is 17.3 Å². The zero-order chi connectivity index (χ0) is 21.8. The summed E-state index contributed by atoms with van der Waals surface area (Å²) in [6.07, 6.45) is 4.38. The summed E-state index contributed by atoms with van der Waals surface area (Å²) in [6, 6.07) is 13.8. The van der Waals surface area contributed by atoms with Gasteiger partial charge >= 0.3 is 0 Å². The summed E-state index contributed by atoms with van der Waals surface area (Å²) in [5, 5.41) is 0. The molecule has 0 atom stereocenters. The molecule has 0 spiro atoms. The molecule has 2 N–H and O–H groups in total. The molecular formula is C24H27N5O2. The van der Waals surface area contributed by atoms with E-state index in [1.807, 2.05) is 67.5 Å². The number of pyridine rings is 2. The first-order valence-corrected chi connectivity index (χ1v) is 10.4. The summed E-state index contributed by atoms with van der Waals surface area (Å²) in [5.41, 5.74) is 9.60. The number of aryl methyl sites for hydroxylation is 1. The highest BCUT2D eigenvalue weighted by atomic mass is 16.5. The second-order valence-corrected chi connectivity index (χ2v) is 7.78. The minimum atomic E-state index is 0.0875. The fourth-order valence-electron chi connectivity index (χ4n) is 3.54. The molecule has 31 heavy (non-hydrogen) atoms. The van der Waals surface area contributed by atoms with Crippen LogP contribution < -0.4 is 15.4 Å². The van der Waals surface area contributed by atoms with E-state index >= 15 is 0 Å². The van der Waals surface area contributed by atoms with Crippen LogP contribution in [0, 0.1) is 6.92 Å². The Labute approximate surface area is 182 Å². The molecule has 1 aromatic carbocycles. The van der Waals surface area contributed by atoms with Gasteiger partial charge in [-0.25, -0.2) is 4.98 Å². The van der Waals surface area contributed by atoms with E-state index in [2.05, 4.69) is 9.97 Å². The van der Waals surface area contributed by atoms with E-state index in [1.165, 1.54) is 0 Å². The standard InChI is InChI=1S/C24H27N5O2/c1-17-3-5-20(21-6-4-18(7-9-25)15-27-21)22(13-17)31-19-8-10-26-23(14-19)29-12-11-28(2)24(30)16-29/h3-6,8,10,13-15H,7,9,11-12,16,25H2,1-2H3. The Morgan fingerprint density at radius 2 is 1.97 bits per heavy atom. The zero-order valence-electron chi connectivity index (χ0n) is 17.9. The van der Waals surface area contributed by atoms with Crippen LogP contribution in [0.15, 0.2) is 54.9 Å². The highest BCUT2D eigenvalue weighted by Crippen LogP contribution is 2.34. The van der Waals surface area contributed by atoms with Gasteiger partial charge in [-0.05, 0) is 55.3 Å². The molecule has 1 aliphatic rings. The molecule has 1 amide bonds. The van der Waals surface area contributed by atoms with Gasteiger partial charge in [-0.3, -0.25) is 9.78 Å². The lowest BCUT2D eigenvalue weighted by Crippen LogP contribution is -2.48. The molecule has 0 aliphatic carbocycles. The molecule has 2 aromatic heterocycles. The number of likely N-dealkylation sites (N-methyl/N-ethyl adjacent to an activating group) is 1. The number of hydrogen-bond donors (Lipinski definition) is 1. The van der Waals surface area contributed by atoms with Crippen molar-refractivity contribution in [2.75, 3.05) is 38.1 Å². The van der Waals surface area contributed by atoms with E-state index in [0.717, 1.165) is 46.9 Å². The Balaban J connectivity index is 1.59. The Kier molecular flexibility index (Phi) is 6.13. The molecule has 0 bridgehead atoms. The summed E-state index contributed by atoms with van der Waals surface area (Å²) >= 11 is 0. The third-order valence-corrected chi connectivity index (χ3v) is 5.40. The third-order valence-electron chi connectivity index (χ3n) is 5.40. The minimum absolute atomic E-state index is 0.0875. The first-order chi connectivity index (χ1) is 15.0. The van der Waals surface area contributed by atoms with Crippen molar-refractivity contribution < 1.29 is 9.53 Å². The first kappa shape index (κ1) is 20.8. The first-order valence-electron chi connectivity index (χ1n) is 10.4. The Bertz CT molecular complexity index is 1070. The van der Waals surface area contributed by atoms with Gasteiger partial charge in [0.2, 0.25) is 5.91 Å². The Morgan fingerprint density at radius 1 is 1.10 bits per heavy atom. The summed E-state index contributed by atoms with van der Waals surface area (Å²) in [5.74, 6) is 2.22. The van der Waals surface area contributed by atoms with Crippen molar-refractivity contribution in [2.45, 2.75) is 13.3 Å². The van der Waals surface area contributed by atoms with E-state index in [4.69, 9.17) is 10.5 Å². The maximum atomic E-state index is 12.1. The monoisotopic (exact) mass is 417 g/mol. The predicted octanol–water partition coefficient (Wildman–Crippen LogP) is 3.02. The van der Waals surface area contributed by atoms with Crippen LogP contribution in [0.4, 0.5) is 5.82 Å². The van der Waals surface area contributed by atoms with Crippen LogP contribution in [0.1, 0.15) is 11.1 Å². The topological polar surface area (TPSA) is 84.6 Å². The van der Waals surface area contributed by atoms with Crippen LogP contribution in [-0.4, -0.2) is 54.0 Å². The number of hydrogen-bond acceptors (Lipinski definition) is 6. The molecule has 160 valence electrons. The van der Waals surface area contributed by atoms with Crippen LogP contribution in [0.5, 0.6) is 11.5 Å². The van der Waals surface area contributed by atoms with E-state index in [-0.39, 0.29) is 5.91 Å². The summed E-state index contributed by atoms with van der Waals surface area (Å²) in [6.45, 7) is 4.38. The molecule has 1 fully saturated rings. The number of benzene rings is 1.